The number of phenolic OH excluding ortho intramolecular Hbond substituents is 1. The second-order valence-electron chi connectivity index (χ2n) is 4.97. The van der Waals surface area contributed by atoms with Crippen LogP contribution < -0.4 is 10.6 Å². The lowest BCUT2D eigenvalue weighted by molar-refractivity contribution is -0.385. The zero-order valence-corrected chi connectivity index (χ0v) is 14.6. The number of hydrogen-bond donors (Lipinski definition) is 3. The van der Waals surface area contributed by atoms with E-state index in [1.807, 2.05) is 0 Å². The van der Waals surface area contributed by atoms with Crippen molar-refractivity contribution in [3.8, 4) is 5.75 Å². The molecule has 27 heavy (non-hydrogen) atoms. The van der Waals surface area contributed by atoms with E-state index in [4.69, 9.17) is 16.7 Å². The van der Waals surface area contributed by atoms with Gasteiger partial charge in [0.25, 0.3) is 5.69 Å². The van der Waals surface area contributed by atoms with Gasteiger partial charge in [-0.3, -0.25) is 25.7 Å². The number of halogens is 1. The summed E-state index contributed by atoms with van der Waals surface area (Å²) < 4.78 is 22.6. The van der Waals surface area contributed by atoms with Crippen LogP contribution in [0.3, 0.4) is 0 Å². The van der Waals surface area contributed by atoms with Crippen LogP contribution in [-0.4, -0.2) is 29.6 Å². The fourth-order valence-electron chi connectivity index (χ4n) is 1.95. The van der Waals surface area contributed by atoms with Crippen molar-refractivity contribution >= 4 is 44.9 Å². The van der Waals surface area contributed by atoms with Crippen LogP contribution in [0.4, 0.5) is 17.1 Å². The molecular weight excluding hydrogens is 406 g/mol. The van der Waals surface area contributed by atoms with Gasteiger partial charge in [-0.05, 0) is 18.2 Å². The van der Waals surface area contributed by atoms with Crippen molar-refractivity contribution in [1.82, 2.24) is 0 Å². The van der Waals surface area contributed by atoms with Gasteiger partial charge in [-0.1, -0.05) is 11.6 Å². The fraction of sp³-hybridized carbons (Fsp3) is 0. The Morgan fingerprint density at radius 3 is 2.33 bits per heavy atom. The van der Waals surface area contributed by atoms with E-state index in [1.54, 1.807) is 0 Å². The third-order valence-electron chi connectivity index (χ3n) is 3.16. The Bertz CT molecular complexity index is 1070. The summed E-state index contributed by atoms with van der Waals surface area (Å²) in [5.74, 6) is -0.700. The number of rotatable bonds is 6. The smallest absolute Gasteiger partial charge is 0.312 e. The van der Waals surface area contributed by atoms with Crippen molar-refractivity contribution in [3.05, 3.63) is 61.1 Å². The van der Waals surface area contributed by atoms with Gasteiger partial charge < -0.3 is 5.11 Å². The van der Waals surface area contributed by atoms with Crippen LogP contribution in [-0.2, 0) is 10.0 Å². The summed E-state index contributed by atoms with van der Waals surface area (Å²) >= 11 is 5.73. The van der Waals surface area contributed by atoms with Crippen LogP contribution in [0, 0.1) is 20.2 Å². The van der Waals surface area contributed by atoms with Crippen LogP contribution in [0.25, 0.3) is 0 Å². The van der Waals surface area contributed by atoms with Gasteiger partial charge in [-0.2, -0.15) is 5.10 Å². The van der Waals surface area contributed by atoms with Crippen molar-refractivity contribution in [2.75, 3.05) is 5.43 Å². The molecule has 0 aliphatic carbocycles. The molecule has 2 rings (SSSR count). The van der Waals surface area contributed by atoms with Crippen molar-refractivity contribution < 1.29 is 23.4 Å². The van der Waals surface area contributed by atoms with Crippen LogP contribution >= 0.6 is 11.6 Å². The predicted octanol–water partition coefficient (Wildman–Crippen LogP) is 1.96. The first-order chi connectivity index (χ1) is 12.5. The van der Waals surface area contributed by atoms with E-state index >= 15 is 0 Å². The fourth-order valence-corrected chi connectivity index (χ4v) is 2.70. The number of nitro groups is 2. The average Bonchev–Trinajstić information content (AvgIpc) is 2.56. The first-order valence-electron chi connectivity index (χ1n) is 6.78. The summed E-state index contributed by atoms with van der Waals surface area (Å²) in [5.41, 5.74) is 0.714. The van der Waals surface area contributed by atoms with Crippen LogP contribution in [0.15, 0.2) is 40.3 Å². The topological polar surface area (TPSA) is 191 Å². The molecule has 0 spiro atoms. The number of hydrogen-bond acceptors (Lipinski definition) is 9. The van der Waals surface area contributed by atoms with E-state index in [0.717, 1.165) is 30.5 Å². The van der Waals surface area contributed by atoms with Gasteiger partial charge in [-0.15, -0.1) is 0 Å². The Kier molecular flexibility index (Phi) is 5.58. The molecule has 0 atom stereocenters. The van der Waals surface area contributed by atoms with E-state index in [9.17, 15) is 33.8 Å². The molecule has 2 aromatic rings. The molecule has 0 aliphatic heterocycles. The SMILES string of the molecule is NS(=O)(=O)c1ccc(N/N=C/c2cc(Cl)cc([N+](=O)[O-])c2O)c([N+](=O)[O-])c1. The van der Waals surface area contributed by atoms with Crippen molar-refractivity contribution in [1.29, 1.82) is 0 Å². The molecule has 0 fully saturated rings. The lowest BCUT2D eigenvalue weighted by Gasteiger charge is -2.05. The molecule has 2 aromatic carbocycles. The van der Waals surface area contributed by atoms with Crippen LogP contribution in [0.5, 0.6) is 5.75 Å². The van der Waals surface area contributed by atoms with E-state index in [1.165, 1.54) is 6.07 Å². The molecule has 0 aliphatic rings. The average molecular weight is 416 g/mol. The molecule has 4 N–H and O–H groups in total. The maximum Gasteiger partial charge on any atom is 0.312 e. The van der Waals surface area contributed by atoms with Crippen LogP contribution in [0.1, 0.15) is 5.56 Å². The molecule has 0 heterocycles. The molecule has 0 saturated heterocycles. The number of nitrogens with two attached hydrogens (primary N) is 1. The van der Waals surface area contributed by atoms with E-state index in [0.29, 0.717) is 0 Å². The van der Waals surface area contributed by atoms with Gasteiger partial charge in [0.2, 0.25) is 15.8 Å². The number of sulfonamides is 1. The summed E-state index contributed by atoms with van der Waals surface area (Å²) in [6, 6.07) is 4.97. The Balaban J connectivity index is 2.37. The molecule has 12 nitrogen and oxygen atoms in total. The minimum Gasteiger partial charge on any atom is -0.502 e. The number of primary sulfonamides is 1. The number of nitrogens with zero attached hydrogens (tertiary/aromatic N) is 3. The zero-order chi connectivity index (χ0) is 20.4. The quantitative estimate of drug-likeness (QED) is 0.362. The van der Waals surface area contributed by atoms with Gasteiger partial charge in [-0.25, -0.2) is 13.6 Å². The van der Waals surface area contributed by atoms with E-state index < -0.39 is 41.9 Å². The molecule has 0 saturated carbocycles. The van der Waals surface area contributed by atoms with E-state index in [2.05, 4.69) is 10.5 Å². The number of benzene rings is 2. The highest BCUT2D eigenvalue weighted by atomic mass is 35.5. The maximum absolute atomic E-state index is 11.3. The van der Waals surface area contributed by atoms with Gasteiger partial charge in [0.1, 0.15) is 5.69 Å². The zero-order valence-electron chi connectivity index (χ0n) is 13.1. The predicted molar refractivity (Wildman–Crippen MR) is 95.5 cm³/mol. The minimum atomic E-state index is -4.14. The monoisotopic (exact) mass is 415 g/mol. The Morgan fingerprint density at radius 1 is 1.15 bits per heavy atom. The van der Waals surface area contributed by atoms with Crippen molar-refractivity contribution in [2.24, 2.45) is 10.2 Å². The summed E-state index contributed by atoms with van der Waals surface area (Å²) in [7, 11) is -4.14. The largest absolute Gasteiger partial charge is 0.502 e. The summed E-state index contributed by atoms with van der Waals surface area (Å²) in [5, 5.41) is 40.3. The molecule has 142 valence electrons. The number of nitrogens with one attached hydrogen (secondary N) is 1. The molecule has 0 unspecified atom stereocenters. The Morgan fingerprint density at radius 2 is 1.78 bits per heavy atom. The van der Waals surface area contributed by atoms with Gasteiger partial charge >= 0.3 is 5.69 Å². The molecular formula is C13H10ClN5O7S. The van der Waals surface area contributed by atoms with Crippen LogP contribution in [0.2, 0.25) is 5.02 Å². The maximum atomic E-state index is 11.3. The molecule has 0 bridgehead atoms. The number of anilines is 1. The summed E-state index contributed by atoms with van der Waals surface area (Å²) in [4.78, 5) is 19.8. The summed E-state index contributed by atoms with van der Waals surface area (Å²) in [6.45, 7) is 0. The molecule has 0 amide bonds. The molecule has 14 heteroatoms. The first kappa shape index (κ1) is 20.0. The normalized spacial score (nSPS) is 11.5. The van der Waals surface area contributed by atoms with E-state index in [-0.39, 0.29) is 16.3 Å². The summed E-state index contributed by atoms with van der Waals surface area (Å²) in [6.07, 6.45) is 0.950. The van der Waals surface area contributed by atoms with Crippen molar-refractivity contribution in [2.45, 2.75) is 4.90 Å². The highest BCUT2D eigenvalue weighted by molar-refractivity contribution is 7.89. The van der Waals surface area contributed by atoms with Gasteiger partial charge in [0, 0.05) is 22.7 Å². The lowest BCUT2D eigenvalue weighted by Crippen LogP contribution is -2.12. The number of phenols is 1. The lowest BCUT2D eigenvalue weighted by atomic mass is 10.2. The van der Waals surface area contributed by atoms with Crippen molar-refractivity contribution in [3.63, 3.8) is 0 Å². The second-order valence-corrected chi connectivity index (χ2v) is 6.97. The Hall–Kier alpha value is -3.29. The highest BCUT2D eigenvalue weighted by Gasteiger charge is 2.20. The van der Waals surface area contributed by atoms with Gasteiger partial charge in [0.05, 0.1) is 21.0 Å². The first-order valence-corrected chi connectivity index (χ1v) is 8.70. The minimum absolute atomic E-state index is 0.0376. The number of nitro benzene ring substituents is 2. The third-order valence-corrected chi connectivity index (χ3v) is 4.29. The third kappa shape index (κ3) is 4.66. The molecule has 0 aromatic heterocycles. The number of aromatic hydroxyl groups is 1. The van der Waals surface area contributed by atoms with Gasteiger partial charge in [0.15, 0.2) is 0 Å². The second kappa shape index (κ2) is 7.53. The number of hydrazone groups is 1. The highest BCUT2D eigenvalue weighted by Crippen LogP contribution is 2.32. The molecule has 0 radical (unpaired) electrons. The standard InChI is InChI=1S/C13H10ClN5O7S/c14-8-3-7(13(20)12(4-8)19(23)24)6-16-17-10-2-1-9(27(15,25)26)5-11(10)18(21)22/h1-6,17,20H,(H2,15,25,26)/b16-6+. The Labute approximate surface area is 156 Å².